The molecule has 2 fully saturated rings. The molecule has 0 radical (unpaired) electrons. The molecule has 4 rings (SSSR count). The van der Waals surface area contributed by atoms with Gasteiger partial charge in [-0.3, -0.25) is 4.79 Å². The number of pyridine rings is 1. The number of aromatic nitrogens is 2. The third kappa shape index (κ3) is 3.49. The Kier molecular flexibility index (Phi) is 5.05. The van der Waals surface area contributed by atoms with Gasteiger partial charge in [0.1, 0.15) is 0 Å². The van der Waals surface area contributed by atoms with Crippen LogP contribution in [0.15, 0.2) is 10.6 Å². The molecule has 1 saturated heterocycles. The summed E-state index contributed by atoms with van der Waals surface area (Å²) in [5.41, 5.74) is -0.212. The van der Waals surface area contributed by atoms with Crippen LogP contribution in [0, 0.1) is 5.92 Å². The minimum Gasteiger partial charge on any atom is -0.342 e. The van der Waals surface area contributed by atoms with Gasteiger partial charge in [0.25, 0.3) is 5.71 Å². The maximum absolute atomic E-state index is 13.7. The van der Waals surface area contributed by atoms with E-state index in [4.69, 9.17) is 4.52 Å². The van der Waals surface area contributed by atoms with Gasteiger partial charge in [-0.05, 0) is 38.2 Å². The Morgan fingerprint density at radius 3 is 2.68 bits per heavy atom. The fraction of sp³-hybridized carbons (Fsp3) is 0.650. The predicted octanol–water partition coefficient (Wildman–Crippen LogP) is 4.70. The second kappa shape index (κ2) is 7.37. The van der Waals surface area contributed by atoms with Gasteiger partial charge in [0.15, 0.2) is 0 Å². The van der Waals surface area contributed by atoms with E-state index in [1.807, 2.05) is 4.90 Å². The third-order valence-electron chi connectivity index (χ3n) is 6.02. The number of hydrogen-bond donors (Lipinski definition) is 0. The average molecular weight is 395 g/mol. The highest BCUT2D eigenvalue weighted by molar-refractivity contribution is 5.82. The van der Waals surface area contributed by atoms with Crippen molar-refractivity contribution in [2.75, 3.05) is 13.1 Å². The lowest BCUT2D eigenvalue weighted by Crippen LogP contribution is -2.42. The first-order valence-electron chi connectivity index (χ1n) is 10.0. The summed E-state index contributed by atoms with van der Waals surface area (Å²) < 4.78 is 46.3. The zero-order chi connectivity index (χ0) is 19.9. The van der Waals surface area contributed by atoms with Gasteiger partial charge in [0.2, 0.25) is 5.91 Å². The zero-order valence-corrected chi connectivity index (χ0v) is 15.9. The Bertz CT molecular complexity index is 871. The summed E-state index contributed by atoms with van der Waals surface area (Å²) in [5.74, 6) is -0.0690. The molecule has 0 unspecified atom stereocenters. The number of likely N-dealkylation sites (tertiary alicyclic amines) is 1. The van der Waals surface area contributed by atoms with Crippen LogP contribution >= 0.6 is 0 Å². The van der Waals surface area contributed by atoms with E-state index in [1.54, 1.807) is 6.92 Å². The number of piperidine rings is 1. The molecule has 0 spiro atoms. The van der Waals surface area contributed by atoms with Crippen molar-refractivity contribution in [1.82, 2.24) is 15.0 Å². The van der Waals surface area contributed by atoms with Gasteiger partial charge >= 0.3 is 6.18 Å². The SMILES string of the molecule is CCc1cc(C(F)(F)F)c2c([C@H]3CCCN(C(=O)C4CCCC4)C3)noc2n1. The van der Waals surface area contributed by atoms with E-state index in [9.17, 15) is 18.0 Å². The summed E-state index contributed by atoms with van der Waals surface area (Å²) >= 11 is 0. The van der Waals surface area contributed by atoms with Crippen molar-refractivity contribution in [2.24, 2.45) is 5.92 Å². The van der Waals surface area contributed by atoms with E-state index < -0.39 is 11.7 Å². The van der Waals surface area contributed by atoms with Gasteiger partial charge in [-0.25, -0.2) is 4.98 Å². The molecule has 1 amide bonds. The maximum Gasteiger partial charge on any atom is 0.417 e. The molecule has 0 aromatic carbocycles. The molecule has 2 aromatic heterocycles. The van der Waals surface area contributed by atoms with Crippen LogP contribution in [0.5, 0.6) is 0 Å². The Hall–Kier alpha value is -2.12. The molecular weight excluding hydrogens is 371 g/mol. The van der Waals surface area contributed by atoms with Crippen LogP contribution in [0.25, 0.3) is 11.1 Å². The van der Waals surface area contributed by atoms with Gasteiger partial charge in [-0.2, -0.15) is 13.2 Å². The van der Waals surface area contributed by atoms with E-state index in [0.29, 0.717) is 31.6 Å². The summed E-state index contributed by atoms with van der Waals surface area (Å²) in [4.78, 5) is 18.8. The molecule has 1 aliphatic heterocycles. The summed E-state index contributed by atoms with van der Waals surface area (Å²) in [5, 5.41) is 3.93. The normalized spacial score (nSPS) is 21.6. The average Bonchev–Trinajstić information content (AvgIpc) is 3.35. The number of nitrogens with zero attached hydrogens (tertiary/aromatic N) is 3. The Morgan fingerprint density at radius 2 is 2.00 bits per heavy atom. The van der Waals surface area contributed by atoms with Gasteiger partial charge in [-0.15, -0.1) is 0 Å². The van der Waals surface area contributed by atoms with E-state index in [0.717, 1.165) is 38.2 Å². The molecule has 5 nitrogen and oxygen atoms in total. The molecule has 2 aliphatic rings. The number of fused-ring (bicyclic) bond motifs is 1. The van der Waals surface area contributed by atoms with E-state index in [1.165, 1.54) is 0 Å². The number of carbonyl (C=O) groups excluding carboxylic acids is 1. The van der Waals surface area contributed by atoms with Crippen molar-refractivity contribution in [3.8, 4) is 0 Å². The van der Waals surface area contributed by atoms with Crippen LogP contribution in [0.2, 0.25) is 0 Å². The van der Waals surface area contributed by atoms with E-state index in [2.05, 4.69) is 10.1 Å². The topological polar surface area (TPSA) is 59.2 Å². The van der Waals surface area contributed by atoms with E-state index in [-0.39, 0.29) is 34.5 Å². The smallest absolute Gasteiger partial charge is 0.342 e. The molecule has 3 heterocycles. The van der Waals surface area contributed by atoms with Crippen LogP contribution < -0.4 is 0 Å². The summed E-state index contributed by atoms with van der Waals surface area (Å²) in [6.45, 7) is 2.80. The number of alkyl halides is 3. The highest BCUT2D eigenvalue weighted by Crippen LogP contribution is 2.40. The standard InChI is InChI=1S/C20H24F3N3O2/c1-2-14-10-15(20(21,22)23)16-17(25-28-18(16)24-14)13-8-5-9-26(11-13)19(27)12-6-3-4-7-12/h10,12-13H,2-9,11H2,1H3/t13-/m0/s1. The summed E-state index contributed by atoms with van der Waals surface area (Å²) in [6.07, 6.45) is 1.26. The summed E-state index contributed by atoms with van der Waals surface area (Å²) in [6, 6.07) is 1.09. The fourth-order valence-electron chi connectivity index (χ4n) is 4.54. The summed E-state index contributed by atoms with van der Waals surface area (Å²) in [7, 11) is 0. The molecule has 0 bridgehead atoms. The number of rotatable bonds is 3. The van der Waals surface area contributed by atoms with E-state index >= 15 is 0 Å². The largest absolute Gasteiger partial charge is 0.417 e. The van der Waals surface area contributed by atoms with Crippen molar-refractivity contribution in [3.63, 3.8) is 0 Å². The fourth-order valence-corrected chi connectivity index (χ4v) is 4.54. The third-order valence-corrected chi connectivity index (χ3v) is 6.02. The minimum absolute atomic E-state index is 0.0511. The molecule has 8 heteroatoms. The zero-order valence-electron chi connectivity index (χ0n) is 15.9. The molecular formula is C20H24F3N3O2. The van der Waals surface area contributed by atoms with Crippen LogP contribution in [-0.4, -0.2) is 34.0 Å². The first-order valence-corrected chi connectivity index (χ1v) is 10.0. The number of halogens is 3. The second-order valence-electron chi connectivity index (χ2n) is 7.87. The molecule has 1 saturated carbocycles. The quantitative estimate of drug-likeness (QED) is 0.756. The van der Waals surface area contributed by atoms with Crippen molar-refractivity contribution in [3.05, 3.63) is 23.0 Å². The van der Waals surface area contributed by atoms with Gasteiger partial charge in [0.05, 0.1) is 16.6 Å². The monoisotopic (exact) mass is 395 g/mol. The molecule has 1 aliphatic carbocycles. The highest BCUT2D eigenvalue weighted by Gasteiger charge is 2.39. The highest BCUT2D eigenvalue weighted by atomic mass is 19.4. The van der Waals surface area contributed by atoms with Crippen molar-refractivity contribution in [1.29, 1.82) is 0 Å². The van der Waals surface area contributed by atoms with Crippen LogP contribution in [0.1, 0.15) is 68.3 Å². The lowest BCUT2D eigenvalue weighted by Gasteiger charge is -2.33. The molecule has 28 heavy (non-hydrogen) atoms. The van der Waals surface area contributed by atoms with Gasteiger partial charge in [0, 0.05) is 30.6 Å². The molecule has 152 valence electrons. The minimum atomic E-state index is -4.51. The van der Waals surface area contributed by atoms with Crippen LogP contribution in [0.3, 0.4) is 0 Å². The lowest BCUT2D eigenvalue weighted by molar-refractivity contribution is -0.137. The molecule has 0 N–H and O–H groups in total. The Morgan fingerprint density at radius 1 is 1.25 bits per heavy atom. The van der Waals surface area contributed by atoms with Crippen molar-refractivity contribution in [2.45, 2.75) is 64.0 Å². The number of aryl methyl sites for hydroxylation is 1. The first kappa shape index (κ1) is 19.2. The molecule has 2 aromatic rings. The predicted molar refractivity (Wildman–Crippen MR) is 96.7 cm³/mol. The van der Waals surface area contributed by atoms with Crippen LogP contribution in [-0.2, 0) is 17.4 Å². The lowest BCUT2D eigenvalue weighted by atomic mass is 9.91. The Balaban J connectivity index is 1.67. The number of carbonyl (C=O) groups is 1. The van der Waals surface area contributed by atoms with Crippen LogP contribution in [0.4, 0.5) is 13.2 Å². The number of hydrogen-bond acceptors (Lipinski definition) is 4. The molecule has 1 atom stereocenters. The van der Waals surface area contributed by atoms with Crippen molar-refractivity contribution >= 4 is 17.0 Å². The first-order chi connectivity index (χ1) is 13.4. The van der Waals surface area contributed by atoms with Gasteiger partial charge < -0.3 is 9.42 Å². The number of amides is 1. The second-order valence-corrected chi connectivity index (χ2v) is 7.87. The van der Waals surface area contributed by atoms with Gasteiger partial charge in [-0.1, -0.05) is 24.9 Å². The maximum atomic E-state index is 13.7. The van der Waals surface area contributed by atoms with Crippen molar-refractivity contribution < 1.29 is 22.5 Å². The Labute approximate surface area is 161 Å².